The van der Waals surface area contributed by atoms with E-state index in [1.54, 1.807) is 0 Å². The Labute approximate surface area is 162 Å². The lowest BCUT2D eigenvalue weighted by Gasteiger charge is -2.31. The summed E-state index contributed by atoms with van der Waals surface area (Å²) in [5.41, 5.74) is -0.430. The van der Waals surface area contributed by atoms with Crippen LogP contribution in [0.25, 0.3) is 0 Å². The number of aryl methyl sites for hydroxylation is 1. The van der Waals surface area contributed by atoms with Crippen molar-refractivity contribution in [1.29, 1.82) is 0 Å². The van der Waals surface area contributed by atoms with E-state index in [2.05, 4.69) is 20.2 Å². The van der Waals surface area contributed by atoms with Gasteiger partial charge in [-0.3, -0.25) is 14.7 Å². The summed E-state index contributed by atoms with van der Waals surface area (Å²) >= 11 is 0. The normalized spacial score (nSPS) is 22.6. The van der Waals surface area contributed by atoms with Gasteiger partial charge in [0, 0.05) is 37.5 Å². The van der Waals surface area contributed by atoms with Crippen LogP contribution in [0.2, 0.25) is 0 Å². The summed E-state index contributed by atoms with van der Waals surface area (Å²) in [4.78, 5) is 6.84. The molecule has 0 unspecified atom stereocenters. The Kier molecular flexibility index (Phi) is 5.44. The first-order chi connectivity index (χ1) is 13.4. The summed E-state index contributed by atoms with van der Waals surface area (Å²) in [5.74, 6) is 2.43. The van der Waals surface area contributed by atoms with Crippen molar-refractivity contribution in [1.82, 2.24) is 29.9 Å². The van der Waals surface area contributed by atoms with E-state index in [-0.39, 0.29) is 18.0 Å². The molecular formula is C19H27F3N6. The second-order valence-corrected chi connectivity index (χ2v) is 8.13. The number of aromatic amines is 1. The highest BCUT2D eigenvalue weighted by Crippen LogP contribution is 2.34. The second-order valence-electron chi connectivity index (χ2n) is 8.13. The lowest BCUT2D eigenvalue weighted by molar-refractivity contribution is -0.144. The number of nitrogens with zero attached hydrogens (tertiary/aromatic N) is 5. The predicted molar refractivity (Wildman–Crippen MR) is 97.7 cm³/mol. The van der Waals surface area contributed by atoms with Gasteiger partial charge in [0.1, 0.15) is 11.5 Å². The van der Waals surface area contributed by atoms with Gasteiger partial charge >= 0.3 is 6.18 Å². The zero-order chi connectivity index (χ0) is 19.7. The van der Waals surface area contributed by atoms with E-state index in [4.69, 9.17) is 4.98 Å². The Bertz CT molecular complexity index is 790. The molecular weight excluding hydrogens is 369 g/mol. The molecule has 2 aromatic heterocycles. The van der Waals surface area contributed by atoms with Crippen molar-refractivity contribution >= 4 is 0 Å². The average molecular weight is 396 g/mol. The number of halogens is 3. The highest BCUT2D eigenvalue weighted by molar-refractivity contribution is 5.21. The van der Waals surface area contributed by atoms with Crippen molar-refractivity contribution in [3.05, 3.63) is 29.1 Å². The molecule has 154 valence electrons. The summed E-state index contributed by atoms with van der Waals surface area (Å²) in [6.07, 6.45) is 4.93. The van der Waals surface area contributed by atoms with E-state index >= 15 is 0 Å². The zero-order valence-electron chi connectivity index (χ0n) is 16.2. The Morgan fingerprint density at radius 3 is 2.61 bits per heavy atom. The molecule has 1 aliphatic heterocycles. The molecule has 0 aromatic carbocycles. The number of hydrogen-bond acceptors (Lipinski definition) is 4. The summed E-state index contributed by atoms with van der Waals surface area (Å²) in [5, 5.41) is 11.4. The molecule has 9 heteroatoms. The molecule has 1 atom stereocenters. The minimum Gasteiger partial charge on any atom is -0.298 e. The lowest BCUT2D eigenvalue weighted by Crippen LogP contribution is -2.34. The third kappa shape index (κ3) is 4.09. The fourth-order valence-corrected chi connectivity index (χ4v) is 4.64. The third-order valence-electron chi connectivity index (χ3n) is 6.06. The standard InChI is InChI=1S/C19H27F3N6/c1-27-16(19(20,21)22)15(10-23-27)12-28-9-5-8-14(11-28)18-24-17(25-26-18)13-6-3-2-4-7-13/h10,13-14H,2-9,11-12H2,1H3,(H,24,25,26)/t14-/m1/s1. The van der Waals surface area contributed by atoms with Crippen LogP contribution < -0.4 is 0 Å². The highest BCUT2D eigenvalue weighted by atomic mass is 19.4. The number of alkyl halides is 3. The van der Waals surface area contributed by atoms with Crippen LogP contribution in [0, 0.1) is 0 Å². The van der Waals surface area contributed by atoms with Crippen LogP contribution in [-0.4, -0.2) is 43.0 Å². The Balaban J connectivity index is 1.43. The molecule has 1 saturated carbocycles. The van der Waals surface area contributed by atoms with Crippen LogP contribution in [0.15, 0.2) is 6.20 Å². The maximum absolute atomic E-state index is 13.3. The lowest BCUT2D eigenvalue weighted by atomic mass is 9.89. The number of H-pyrrole nitrogens is 1. The fourth-order valence-electron chi connectivity index (χ4n) is 4.64. The van der Waals surface area contributed by atoms with Gasteiger partial charge in [0.2, 0.25) is 0 Å². The molecule has 1 N–H and O–H groups in total. The smallest absolute Gasteiger partial charge is 0.298 e. The molecule has 2 fully saturated rings. The molecule has 0 amide bonds. The van der Waals surface area contributed by atoms with Crippen LogP contribution in [0.4, 0.5) is 13.2 Å². The average Bonchev–Trinajstić information content (AvgIpc) is 3.30. The van der Waals surface area contributed by atoms with E-state index < -0.39 is 11.9 Å². The number of piperidine rings is 1. The van der Waals surface area contributed by atoms with E-state index in [1.165, 1.54) is 32.5 Å². The molecule has 1 saturated heterocycles. The Hall–Kier alpha value is -1.90. The highest BCUT2D eigenvalue weighted by Gasteiger charge is 2.38. The van der Waals surface area contributed by atoms with Crippen LogP contribution in [-0.2, 0) is 19.8 Å². The number of hydrogen-bond donors (Lipinski definition) is 1. The fraction of sp³-hybridized carbons (Fsp3) is 0.737. The summed E-state index contributed by atoms with van der Waals surface area (Å²) in [6, 6.07) is 0. The SMILES string of the molecule is Cn1ncc(CN2CCC[C@@H](c3n[nH]c(C4CCCCC4)n3)C2)c1C(F)(F)F. The van der Waals surface area contributed by atoms with Gasteiger partial charge in [-0.1, -0.05) is 19.3 Å². The van der Waals surface area contributed by atoms with Crippen molar-refractivity contribution in [2.24, 2.45) is 7.05 Å². The molecule has 0 radical (unpaired) electrons. The van der Waals surface area contributed by atoms with Crippen molar-refractivity contribution in [3.8, 4) is 0 Å². The number of nitrogens with one attached hydrogen (secondary N) is 1. The molecule has 4 rings (SSSR count). The van der Waals surface area contributed by atoms with E-state index in [0.717, 1.165) is 48.6 Å². The van der Waals surface area contributed by atoms with Gasteiger partial charge < -0.3 is 0 Å². The minimum atomic E-state index is -4.39. The maximum atomic E-state index is 13.3. The van der Waals surface area contributed by atoms with Gasteiger partial charge in [-0.25, -0.2) is 4.98 Å². The monoisotopic (exact) mass is 396 g/mol. The van der Waals surface area contributed by atoms with Crippen LogP contribution >= 0.6 is 0 Å². The van der Waals surface area contributed by atoms with Crippen molar-refractivity contribution in [2.75, 3.05) is 13.1 Å². The molecule has 6 nitrogen and oxygen atoms in total. The van der Waals surface area contributed by atoms with Gasteiger partial charge in [-0.2, -0.15) is 23.4 Å². The first kappa shape index (κ1) is 19.4. The molecule has 2 aliphatic rings. The molecule has 0 bridgehead atoms. The first-order valence-corrected chi connectivity index (χ1v) is 10.1. The van der Waals surface area contributed by atoms with Gasteiger partial charge in [0.25, 0.3) is 0 Å². The van der Waals surface area contributed by atoms with Crippen molar-refractivity contribution in [3.63, 3.8) is 0 Å². The molecule has 0 spiro atoms. The van der Waals surface area contributed by atoms with E-state index in [9.17, 15) is 13.2 Å². The van der Waals surface area contributed by atoms with E-state index in [0.29, 0.717) is 12.5 Å². The largest absolute Gasteiger partial charge is 0.433 e. The van der Waals surface area contributed by atoms with Gasteiger partial charge in [0.15, 0.2) is 5.82 Å². The molecule has 28 heavy (non-hydrogen) atoms. The second kappa shape index (κ2) is 7.85. The Morgan fingerprint density at radius 1 is 1.11 bits per heavy atom. The topological polar surface area (TPSA) is 62.6 Å². The number of rotatable bonds is 4. The molecule has 3 heterocycles. The van der Waals surface area contributed by atoms with Crippen molar-refractivity contribution < 1.29 is 13.2 Å². The molecule has 1 aliphatic carbocycles. The number of aromatic nitrogens is 5. The zero-order valence-corrected chi connectivity index (χ0v) is 16.2. The Morgan fingerprint density at radius 2 is 1.86 bits per heavy atom. The van der Waals surface area contributed by atoms with E-state index in [1.807, 2.05) is 0 Å². The van der Waals surface area contributed by atoms with Gasteiger partial charge in [-0.15, -0.1) is 0 Å². The van der Waals surface area contributed by atoms with Crippen LogP contribution in [0.3, 0.4) is 0 Å². The maximum Gasteiger partial charge on any atom is 0.433 e. The summed E-state index contributed by atoms with van der Waals surface area (Å²) in [7, 11) is 1.34. The summed E-state index contributed by atoms with van der Waals surface area (Å²) < 4.78 is 40.9. The van der Waals surface area contributed by atoms with Gasteiger partial charge in [-0.05, 0) is 32.2 Å². The van der Waals surface area contributed by atoms with Crippen molar-refractivity contribution in [2.45, 2.75) is 69.5 Å². The molecule has 2 aromatic rings. The number of likely N-dealkylation sites (tertiary alicyclic amines) is 1. The first-order valence-electron chi connectivity index (χ1n) is 10.1. The minimum absolute atomic E-state index is 0.161. The van der Waals surface area contributed by atoms with Crippen LogP contribution in [0.1, 0.15) is 79.7 Å². The predicted octanol–water partition coefficient (Wildman–Crippen LogP) is 3.98. The third-order valence-corrected chi connectivity index (χ3v) is 6.06. The quantitative estimate of drug-likeness (QED) is 0.849. The van der Waals surface area contributed by atoms with Crippen LogP contribution in [0.5, 0.6) is 0 Å². The van der Waals surface area contributed by atoms with Gasteiger partial charge in [0.05, 0.1) is 6.20 Å². The summed E-state index contributed by atoms with van der Waals surface area (Å²) in [6.45, 7) is 1.70.